The van der Waals surface area contributed by atoms with E-state index in [-0.39, 0.29) is 12.4 Å². The monoisotopic (exact) mass is 418 g/mol. The maximum absolute atomic E-state index is 11.0. The van der Waals surface area contributed by atoms with Crippen molar-refractivity contribution in [3.05, 3.63) is 12.7 Å². The summed E-state index contributed by atoms with van der Waals surface area (Å²) in [5, 5.41) is 32.7. The first kappa shape index (κ1) is 18.0. The van der Waals surface area contributed by atoms with Gasteiger partial charge in [0.2, 0.25) is 0 Å². The van der Waals surface area contributed by atoms with E-state index >= 15 is 0 Å². The van der Waals surface area contributed by atoms with Crippen molar-refractivity contribution < 1.29 is 24.9 Å². The molecular formula is C13H18N6O5Se. The minimum absolute atomic E-state index is 0.0627. The number of carbonyl (C=O) groups is 1. The molecule has 12 heteroatoms. The van der Waals surface area contributed by atoms with Crippen molar-refractivity contribution in [2.24, 2.45) is 0 Å². The summed E-state index contributed by atoms with van der Waals surface area (Å²) in [5.41, 5.74) is 6.47. The zero-order chi connectivity index (χ0) is 18.1. The van der Waals surface area contributed by atoms with E-state index in [0.29, 0.717) is 16.5 Å². The molecule has 1 aliphatic heterocycles. The van der Waals surface area contributed by atoms with E-state index in [1.165, 1.54) is 17.2 Å². The Morgan fingerprint density at radius 2 is 2.16 bits per heavy atom. The molecule has 0 spiro atoms. The van der Waals surface area contributed by atoms with Gasteiger partial charge in [-0.25, -0.2) is 0 Å². The fourth-order valence-electron chi connectivity index (χ4n) is 2.67. The number of hydrogen-bond acceptors (Lipinski definition) is 9. The van der Waals surface area contributed by atoms with Crippen LogP contribution in [0, 0.1) is 0 Å². The molecule has 0 unspecified atom stereocenters. The van der Waals surface area contributed by atoms with E-state index in [1.54, 1.807) is 0 Å². The number of hydrogen-bond donors (Lipinski definition) is 5. The molecule has 6 N–H and O–H groups in total. The van der Waals surface area contributed by atoms with E-state index < -0.39 is 36.6 Å². The number of anilines is 1. The van der Waals surface area contributed by atoms with Crippen LogP contribution in [-0.2, 0) is 9.53 Å². The molecule has 2 aromatic heterocycles. The molecule has 1 aliphatic rings. The number of carboxylic acids is 1. The molecule has 3 heterocycles. The molecular weight excluding hydrogens is 399 g/mol. The maximum atomic E-state index is 11.0. The first-order valence-electron chi connectivity index (χ1n) is 7.45. The molecule has 25 heavy (non-hydrogen) atoms. The van der Waals surface area contributed by atoms with E-state index in [2.05, 4.69) is 36.3 Å². The first-order chi connectivity index (χ1) is 11.9. The number of carboxylic acid groups (broad SMARTS) is 1. The number of nitrogens with one attached hydrogen (secondary N) is 1. The Kier molecular flexibility index (Phi) is 5.18. The van der Waals surface area contributed by atoms with Crippen molar-refractivity contribution in [3.63, 3.8) is 0 Å². The molecule has 136 valence electrons. The van der Waals surface area contributed by atoms with Crippen molar-refractivity contribution >= 4 is 39.0 Å². The second kappa shape index (κ2) is 7.20. The molecule has 3 rings (SSSR count). The normalized spacial score (nSPS) is 27.6. The van der Waals surface area contributed by atoms with Gasteiger partial charge in [-0.1, -0.05) is 0 Å². The van der Waals surface area contributed by atoms with E-state index in [9.17, 15) is 15.0 Å². The van der Waals surface area contributed by atoms with Crippen molar-refractivity contribution in [2.45, 2.75) is 35.9 Å². The van der Waals surface area contributed by atoms with Crippen LogP contribution in [0.2, 0.25) is 5.32 Å². The zero-order valence-electron chi connectivity index (χ0n) is 12.9. The Balaban J connectivity index is 1.77. The van der Waals surface area contributed by atoms with Gasteiger partial charge in [-0.05, 0) is 0 Å². The number of ether oxygens (including phenoxy) is 1. The number of imidazole rings is 1. The van der Waals surface area contributed by atoms with Crippen LogP contribution in [0.15, 0.2) is 12.7 Å². The number of nitrogens with zero attached hydrogens (tertiary/aromatic N) is 4. The van der Waals surface area contributed by atoms with Crippen LogP contribution >= 0.6 is 0 Å². The number of fused-ring (bicyclic) bond motifs is 1. The molecule has 2 aromatic rings. The Morgan fingerprint density at radius 3 is 2.84 bits per heavy atom. The summed E-state index contributed by atoms with van der Waals surface area (Å²) in [4.78, 5) is 23.1. The number of aliphatic hydroxyl groups excluding tert-OH is 2. The fraction of sp³-hybridized carbons (Fsp3) is 0.538. The topological polar surface area (TPSA) is 169 Å². The predicted octanol–water partition coefficient (Wildman–Crippen LogP) is -2.61. The number of aliphatic carboxylic acids is 1. The van der Waals surface area contributed by atoms with E-state index in [0.717, 1.165) is 0 Å². The number of aromatic nitrogens is 4. The van der Waals surface area contributed by atoms with E-state index in [1.807, 2.05) is 0 Å². The van der Waals surface area contributed by atoms with Gasteiger partial charge in [0, 0.05) is 0 Å². The van der Waals surface area contributed by atoms with Crippen molar-refractivity contribution in [3.8, 4) is 0 Å². The molecule has 11 nitrogen and oxygen atoms in total. The van der Waals surface area contributed by atoms with Gasteiger partial charge in [-0.3, -0.25) is 0 Å². The first-order valence-corrected chi connectivity index (χ1v) is 8.78. The molecule has 1 fully saturated rings. The molecule has 0 bridgehead atoms. The third kappa shape index (κ3) is 3.32. The minimum atomic E-state index is -1.24. The van der Waals surface area contributed by atoms with E-state index in [4.69, 9.17) is 15.6 Å². The molecule has 0 aliphatic carbocycles. The third-order valence-corrected chi connectivity index (χ3v) is 4.81. The SMILES string of the molecule is Nc1ncnc2c1ncn2[C@@H]1O[C@H](CN[C@@H](C[SeH])C(=O)O)[C@@H](O)[C@H]1O. The Morgan fingerprint density at radius 1 is 1.40 bits per heavy atom. The van der Waals surface area contributed by atoms with Gasteiger partial charge in [-0.15, -0.1) is 0 Å². The summed E-state index contributed by atoms with van der Waals surface area (Å²) < 4.78 is 7.18. The summed E-state index contributed by atoms with van der Waals surface area (Å²) in [5.74, 6) is -0.807. The Labute approximate surface area is 150 Å². The number of rotatable bonds is 6. The summed E-state index contributed by atoms with van der Waals surface area (Å²) in [6, 6.07) is -0.784. The average Bonchev–Trinajstić information content (AvgIpc) is 3.12. The van der Waals surface area contributed by atoms with Crippen LogP contribution in [0.3, 0.4) is 0 Å². The molecule has 0 radical (unpaired) electrons. The molecule has 0 saturated carbocycles. The third-order valence-electron chi connectivity index (χ3n) is 4.04. The van der Waals surface area contributed by atoms with Crippen molar-refractivity contribution in [2.75, 3.05) is 12.3 Å². The van der Waals surface area contributed by atoms with Gasteiger partial charge in [0.1, 0.15) is 0 Å². The van der Waals surface area contributed by atoms with Crippen LogP contribution in [0.25, 0.3) is 11.2 Å². The summed E-state index contributed by atoms with van der Waals surface area (Å²) in [6.07, 6.45) is -1.49. The molecule has 0 aromatic carbocycles. The summed E-state index contributed by atoms with van der Waals surface area (Å²) in [6.45, 7) is 0.0627. The molecule has 1 saturated heterocycles. The van der Waals surface area contributed by atoms with Crippen LogP contribution in [0.4, 0.5) is 5.82 Å². The summed E-state index contributed by atoms with van der Waals surface area (Å²) >= 11 is 2.19. The molecule has 5 atom stereocenters. The van der Waals surface area contributed by atoms with Gasteiger partial charge in [0.05, 0.1) is 0 Å². The van der Waals surface area contributed by atoms with Gasteiger partial charge in [-0.2, -0.15) is 0 Å². The van der Waals surface area contributed by atoms with Crippen LogP contribution < -0.4 is 11.1 Å². The van der Waals surface area contributed by atoms with Gasteiger partial charge in [0.15, 0.2) is 0 Å². The van der Waals surface area contributed by atoms with Crippen LogP contribution in [-0.4, -0.2) is 87.7 Å². The van der Waals surface area contributed by atoms with Crippen molar-refractivity contribution in [1.82, 2.24) is 24.8 Å². The Bertz CT molecular complexity index is 772. The fourth-order valence-corrected chi connectivity index (χ4v) is 3.27. The second-order valence-corrected chi connectivity index (χ2v) is 6.38. The van der Waals surface area contributed by atoms with Gasteiger partial charge < -0.3 is 0 Å². The number of nitrogen functional groups attached to an aromatic ring is 1. The Hall–Kier alpha value is -1.82. The zero-order valence-corrected chi connectivity index (χ0v) is 14.8. The van der Waals surface area contributed by atoms with Crippen LogP contribution in [0.5, 0.6) is 0 Å². The average molecular weight is 417 g/mol. The second-order valence-electron chi connectivity index (χ2n) is 5.61. The number of nitrogens with two attached hydrogens (primary N) is 1. The van der Waals surface area contributed by atoms with Gasteiger partial charge >= 0.3 is 149 Å². The number of aliphatic hydroxyl groups is 2. The standard InChI is InChI=1S/C13H18N6O5Se/c14-10-7-11(17-3-16-10)19(4-18-7)12-9(21)8(20)6(24-12)1-15-5(2-25)13(22)23/h3-6,8-9,12,15,20-21,25H,1-2H2,(H,22,23)(H2,14,16,17)/t5-,6+,8+,9+,12+/m0/s1. The van der Waals surface area contributed by atoms with Crippen molar-refractivity contribution in [1.29, 1.82) is 0 Å². The molecule has 0 amide bonds. The summed E-state index contributed by atoms with van der Waals surface area (Å²) in [7, 11) is 0. The predicted molar refractivity (Wildman–Crippen MR) is 87.0 cm³/mol. The quantitative estimate of drug-likeness (QED) is 0.314. The van der Waals surface area contributed by atoms with Gasteiger partial charge in [0.25, 0.3) is 0 Å². The van der Waals surface area contributed by atoms with Crippen LogP contribution in [0.1, 0.15) is 6.23 Å².